The molecule has 164 valence electrons. The third-order valence-corrected chi connectivity index (χ3v) is 6.96. The molecule has 2 N–H and O–H groups in total. The molecule has 4 aromatic rings. The average Bonchev–Trinajstić information content (AvgIpc) is 3.19. The number of nitrogens with one attached hydrogen (secondary N) is 1. The number of fused-ring (bicyclic) bond motifs is 3. The number of aromatic nitrogens is 3. The standard InChI is InChI=1S/C23H16N4O5S/c28-22(25-15-6-4-10-24-12-15)14-5-3-7-16(11-14)27-21-17-8-1-2-9-19(17)33(31,32)13-18(21)20(26-27)23(29)30/h1-12H,13H2,(H,25,28)(H,29,30). The average molecular weight is 460 g/mol. The van der Waals surface area contributed by atoms with Crippen LogP contribution in [0.15, 0.2) is 78.0 Å². The first-order valence-electron chi connectivity index (χ1n) is 9.84. The van der Waals surface area contributed by atoms with Crippen molar-refractivity contribution in [1.82, 2.24) is 14.8 Å². The van der Waals surface area contributed by atoms with Crippen LogP contribution in [0, 0.1) is 0 Å². The minimum Gasteiger partial charge on any atom is -0.476 e. The van der Waals surface area contributed by atoms with Crippen LogP contribution < -0.4 is 5.32 Å². The number of hydrogen-bond acceptors (Lipinski definition) is 6. The highest BCUT2D eigenvalue weighted by atomic mass is 32.2. The summed E-state index contributed by atoms with van der Waals surface area (Å²) in [5.41, 5.74) is 1.78. The molecule has 0 bridgehead atoms. The number of pyridine rings is 1. The fraction of sp³-hybridized carbons (Fsp3) is 0.0435. The molecule has 9 nitrogen and oxygen atoms in total. The van der Waals surface area contributed by atoms with Gasteiger partial charge in [-0.1, -0.05) is 24.3 Å². The predicted octanol–water partition coefficient (Wildman–Crippen LogP) is 3.17. The van der Waals surface area contributed by atoms with E-state index in [0.717, 1.165) is 0 Å². The van der Waals surface area contributed by atoms with Crippen LogP contribution in [-0.2, 0) is 15.6 Å². The van der Waals surface area contributed by atoms with Gasteiger partial charge in [-0.2, -0.15) is 5.10 Å². The fourth-order valence-electron chi connectivity index (χ4n) is 3.84. The minimum atomic E-state index is -3.72. The molecule has 0 aliphatic carbocycles. The van der Waals surface area contributed by atoms with Gasteiger partial charge in [0.25, 0.3) is 5.91 Å². The topological polar surface area (TPSA) is 131 Å². The zero-order valence-corrected chi connectivity index (χ0v) is 17.8. The lowest BCUT2D eigenvalue weighted by molar-refractivity contribution is 0.0689. The van der Waals surface area contributed by atoms with Crippen molar-refractivity contribution < 1.29 is 23.1 Å². The Morgan fingerprint density at radius 2 is 1.85 bits per heavy atom. The number of carbonyl (C=O) groups is 2. The van der Waals surface area contributed by atoms with E-state index in [0.29, 0.717) is 28.2 Å². The van der Waals surface area contributed by atoms with Gasteiger partial charge in [-0.15, -0.1) is 0 Å². The van der Waals surface area contributed by atoms with Gasteiger partial charge in [0.1, 0.15) is 0 Å². The van der Waals surface area contributed by atoms with Crippen molar-refractivity contribution >= 4 is 27.4 Å². The second-order valence-electron chi connectivity index (χ2n) is 7.39. The first kappa shape index (κ1) is 20.6. The van der Waals surface area contributed by atoms with Crippen molar-refractivity contribution in [2.24, 2.45) is 0 Å². The lowest BCUT2D eigenvalue weighted by Gasteiger charge is -2.19. The molecule has 0 spiro atoms. The summed E-state index contributed by atoms with van der Waals surface area (Å²) < 4.78 is 27.0. The smallest absolute Gasteiger partial charge is 0.356 e. The maximum atomic E-state index is 12.8. The minimum absolute atomic E-state index is 0.112. The first-order chi connectivity index (χ1) is 15.8. The summed E-state index contributed by atoms with van der Waals surface area (Å²) in [4.78, 5) is 28.7. The lowest BCUT2D eigenvalue weighted by Crippen LogP contribution is -2.15. The van der Waals surface area contributed by atoms with Crippen LogP contribution in [0.4, 0.5) is 5.69 Å². The van der Waals surface area contributed by atoms with E-state index < -0.39 is 21.6 Å². The Morgan fingerprint density at radius 1 is 1.03 bits per heavy atom. The Hall–Kier alpha value is -4.31. The van der Waals surface area contributed by atoms with Gasteiger partial charge in [-0.05, 0) is 36.4 Å². The van der Waals surface area contributed by atoms with Crippen molar-refractivity contribution in [1.29, 1.82) is 0 Å². The summed E-state index contributed by atoms with van der Waals surface area (Å²) in [6.07, 6.45) is 3.11. The van der Waals surface area contributed by atoms with Gasteiger partial charge in [0.2, 0.25) is 0 Å². The van der Waals surface area contributed by atoms with Crippen molar-refractivity contribution in [3.8, 4) is 16.9 Å². The van der Waals surface area contributed by atoms with E-state index in [1.807, 2.05) is 0 Å². The Bertz CT molecular complexity index is 1530. The number of benzene rings is 2. The van der Waals surface area contributed by atoms with E-state index in [2.05, 4.69) is 15.4 Å². The largest absolute Gasteiger partial charge is 0.476 e. The zero-order valence-electron chi connectivity index (χ0n) is 17.0. The van der Waals surface area contributed by atoms with Crippen molar-refractivity contribution in [2.75, 3.05) is 5.32 Å². The van der Waals surface area contributed by atoms with Crippen LogP contribution in [0.1, 0.15) is 26.4 Å². The molecule has 0 saturated heterocycles. The molecular weight excluding hydrogens is 444 g/mol. The van der Waals surface area contributed by atoms with E-state index >= 15 is 0 Å². The number of nitrogens with zero attached hydrogens (tertiary/aromatic N) is 3. The molecule has 2 aromatic carbocycles. The van der Waals surface area contributed by atoms with Gasteiger partial charge in [-0.3, -0.25) is 9.78 Å². The summed E-state index contributed by atoms with van der Waals surface area (Å²) >= 11 is 0. The monoisotopic (exact) mass is 460 g/mol. The van der Waals surface area contributed by atoms with E-state index in [9.17, 15) is 23.1 Å². The van der Waals surface area contributed by atoms with Crippen molar-refractivity contribution in [3.05, 3.63) is 89.9 Å². The number of carbonyl (C=O) groups excluding carboxylic acids is 1. The molecule has 0 fully saturated rings. The van der Waals surface area contributed by atoms with Crippen LogP contribution in [0.25, 0.3) is 16.9 Å². The number of anilines is 1. The predicted molar refractivity (Wildman–Crippen MR) is 119 cm³/mol. The summed E-state index contributed by atoms with van der Waals surface area (Å²) in [5.74, 6) is -2.18. The number of amides is 1. The van der Waals surface area contributed by atoms with E-state index in [1.165, 1.54) is 16.9 Å². The summed E-state index contributed by atoms with van der Waals surface area (Å²) in [7, 11) is -3.72. The van der Waals surface area contributed by atoms with Crippen molar-refractivity contribution in [2.45, 2.75) is 10.6 Å². The molecule has 1 aliphatic rings. The third kappa shape index (κ3) is 3.56. The van der Waals surface area contributed by atoms with Gasteiger partial charge in [-0.25, -0.2) is 17.9 Å². The highest BCUT2D eigenvalue weighted by Gasteiger charge is 2.35. The summed E-state index contributed by atoms with van der Waals surface area (Å²) in [5, 5.41) is 16.7. The summed E-state index contributed by atoms with van der Waals surface area (Å²) in [6.45, 7) is 0. The Morgan fingerprint density at radius 3 is 2.61 bits per heavy atom. The molecule has 1 amide bonds. The number of hydrogen-bond donors (Lipinski definition) is 2. The maximum absolute atomic E-state index is 12.8. The number of sulfone groups is 1. The first-order valence-corrected chi connectivity index (χ1v) is 11.5. The highest BCUT2D eigenvalue weighted by Crippen LogP contribution is 2.40. The Balaban J connectivity index is 1.65. The van der Waals surface area contributed by atoms with Crippen LogP contribution in [0.5, 0.6) is 0 Å². The van der Waals surface area contributed by atoms with E-state index in [1.54, 1.807) is 60.8 Å². The van der Waals surface area contributed by atoms with E-state index in [-0.39, 0.29) is 22.1 Å². The quantitative estimate of drug-likeness (QED) is 0.478. The molecule has 0 saturated carbocycles. The van der Waals surface area contributed by atoms with Crippen LogP contribution in [0.3, 0.4) is 0 Å². The van der Waals surface area contributed by atoms with Gasteiger partial charge in [0.05, 0.1) is 33.9 Å². The molecule has 10 heteroatoms. The molecule has 0 radical (unpaired) electrons. The van der Waals surface area contributed by atoms with Crippen LogP contribution in [-0.4, -0.2) is 40.2 Å². The van der Waals surface area contributed by atoms with Gasteiger partial charge < -0.3 is 10.4 Å². The second kappa shape index (κ2) is 7.68. The number of carboxylic acid groups (broad SMARTS) is 1. The number of rotatable bonds is 4. The molecular formula is C23H16N4O5S. The van der Waals surface area contributed by atoms with Gasteiger partial charge in [0.15, 0.2) is 15.5 Å². The lowest BCUT2D eigenvalue weighted by atomic mass is 10.1. The highest BCUT2D eigenvalue weighted by molar-refractivity contribution is 7.90. The molecule has 0 unspecified atom stereocenters. The van der Waals surface area contributed by atoms with Crippen molar-refractivity contribution in [3.63, 3.8) is 0 Å². The SMILES string of the molecule is O=C(Nc1cccnc1)c1cccc(-n2nc(C(=O)O)c3c2-c2ccccc2S(=O)(=O)C3)c1. The Labute approximate surface area is 188 Å². The number of aromatic carboxylic acids is 1. The van der Waals surface area contributed by atoms with Gasteiger partial charge >= 0.3 is 5.97 Å². The summed E-state index contributed by atoms with van der Waals surface area (Å²) in [6, 6.07) is 16.3. The second-order valence-corrected chi connectivity index (χ2v) is 9.35. The molecule has 0 atom stereocenters. The third-order valence-electron chi connectivity index (χ3n) is 5.27. The molecule has 2 aromatic heterocycles. The molecule has 33 heavy (non-hydrogen) atoms. The zero-order chi connectivity index (χ0) is 23.2. The van der Waals surface area contributed by atoms with Gasteiger partial charge in [0, 0.05) is 22.9 Å². The molecule has 5 rings (SSSR count). The normalized spacial score (nSPS) is 13.6. The number of carboxylic acids is 1. The van der Waals surface area contributed by atoms with Crippen LogP contribution in [0.2, 0.25) is 0 Å². The Kier molecular flexibility index (Phi) is 4.79. The van der Waals surface area contributed by atoms with E-state index in [4.69, 9.17) is 0 Å². The van der Waals surface area contributed by atoms with Crippen LogP contribution >= 0.6 is 0 Å². The molecule has 1 aliphatic heterocycles. The maximum Gasteiger partial charge on any atom is 0.356 e. The fourth-order valence-corrected chi connectivity index (χ4v) is 5.44. The molecule has 3 heterocycles.